The second-order valence-corrected chi connectivity index (χ2v) is 7.57. The molecule has 1 aromatic carbocycles. The monoisotopic (exact) mass is 362 g/mol. The maximum atomic E-state index is 12.2. The van der Waals surface area contributed by atoms with Crippen LogP contribution in [-0.2, 0) is 14.3 Å². The van der Waals surface area contributed by atoms with E-state index in [2.05, 4.69) is 18.8 Å². The number of esters is 1. The molecule has 1 fully saturated rings. The summed E-state index contributed by atoms with van der Waals surface area (Å²) in [6.45, 7) is 5.54. The summed E-state index contributed by atoms with van der Waals surface area (Å²) in [5.41, 5.74) is 1.43. The topological polar surface area (TPSA) is 72.6 Å². The van der Waals surface area contributed by atoms with E-state index in [4.69, 9.17) is 9.15 Å². The van der Waals surface area contributed by atoms with Gasteiger partial charge in [0.25, 0.3) is 11.1 Å². The number of carbonyl (C=O) groups is 2. The summed E-state index contributed by atoms with van der Waals surface area (Å²) >= 11 is 1.17. The molecule has 3 rings (SSSR count). The number of ether oxygens (including phenoxy) is 1. The first-order valence-electron chi connectivity index (χ1n) is 8.43. The zero-order valence-electron chi connectivity index (χ0n) is 14.4. The summed E-state index contributed by atoms with van der Waals surface area (Å²) < 4.78 is 10.6. The molecule has 0 radical (unpaired) electrons. The van der Waals surface area contributed by atoms with E-state index in [1.165, 1.54) is 11.8 Å². The van der Waals surface area contributed by atoms with Crippen LogP contribution in [0.25, 0.3) is 11.1 Å². The Kier molecular flexibility index (Phi) is 5.63. The smallest absolute Gasteiger partial charge is 0.316 e. The molecule has 1 aliphatic heterocycles. The van der Waals surface area contributed by atoms with E-state index in [9.17, 15) is 9.59 Å². The van der Waals surface area contributed by atoms with Crippen LogP contribution in [0.1, 0.15) is 20.3 Å². The molecule has 2 atom stereocenters. The molecular weight excluding hydrogens is 340 g/mol. The predicted molar refractivity (Wildman–Crippen MR) is 95.2 cm³/mol. The fourth-order valence-corrected chi connectivity index (χ4v) is 3.81. The second-order valence-electron chi connectivity index (χ2n) is 6.64. The number of rotatable bonds is 5. The van der Waals surface area contributed by atoms with Gasteiger partial charge in [-0.15, -0.1) is 0 Å². The number of benzene rings is 1. The van der Waals surface area contributed by atoms with Crippen LogP contribution in [0.4, 0.5) is 0 Å². The molecule has 0 bridgehead atoms. The lowest BCUT2D eigenvalue weighted by atomic mass is 9.92. The minimum atomic E-state index is -0.446. The molecule has 0 N–H and O–H groups in total. The third-order valence-electron chi connectivity index (χ3n) is 4.17. The average Bonchev–Trinajstić information content (AvgIpc) is 3.00. The van der Waals surface area contributed by atoms with Gasteiger partial charge >= 0.3 is 5.97 Å². The van der Waals surface area contributed by atoms with Crippen molar-refractivity contribution in [3.63, 3.8) is 0 Å². The minimum absolute atomic E-state index is 0.0624. The first-order chi connectivity index (χ1) is 12.0. The lowest BCUT2D eigenvalue weighted by Gasteiger charge is -2.34. The standard InChI is InChI=1S/C18H22N2O4S/c1-12-7-13(2)9-20(8-12)16(21)10-23-17(22)11-25-18-19-14-5-3-4-6-15(14)24-18/h3-6,12-13H,7-11H2,1-2H3/t12-,13-/m1/s1. The largest absolute Gasteiger partial charge is 0.455 e. The Morgan fingerprint density at radius 3 is 2.72 bits per heavy atom. The maximum Gasteiger partial charge on any atom is 0.316 e. The van der Waals surface area contributed by atoms with Crippen molar-refractivity contribution in [3.8, 4) is 0 Å². The van der Waals surface area contributed by atoms with E-state index in [-0.39, 0.29) is 18.3 Å². The van der Waals surface area contributed by atoms with Crippen molar-refractivity contribution < 1.29 is 18.7 Å². The van der Waals surface area contributed by atoms with Gasteiger partial charge in [-0.25, -0.2) is 4.98 Å². The molecule has 2 heterocycles. The number of carbonyl (C=O) groups excluding carboxylic acids is 2. The van der Waals surface area contributed by atoms with Gasteiger partial charge in [0.05, 0.1) is 0 Å². The molecule has 25 heavy (non-hydrogen) atoms. The van der Waals surface area contributed by atoms with Crippen LogP contribution in [0, 0.1) is 11.8 Å². The van der Waals surface area contributed by atoms with Crippen molar-refractivity contribution in [3.05, 3.63) is 24.3 Å². The van der Waals surface area contributed by atoms with Gasteiger partial charge in [0.15, 0.2) is 12.2 Å². The molecule has 2 aromatic rings. The van der Waals surface area contributed by atoms with Gasteiger partial charge in [0, 0.05) is 13.1 Å². The summed E-state index contributed by atoms with van der Waals surface area (Å²) in [7, 11) is 0. The van der Waals surface area contributed by atoms with Gasteiger partial charge in [0.2, 0.25) is 0 Å². The fraction of sp³-hybridized carbons (Fsp3) is 0.500. The Morgan fingerprint density at radius 1 is 1.28 bits per heavy atom. The van der Waals surface area contributed by atoms with E-state index in [0.29, 0.717) is 22.6 Å². The first kappa shape index (κ1) is 17.8. The number of piperidine rings is 1. The van der Waals surface area contributed by atoms with E-state index in [1.54, 1.807) is 4.90 Å². The van der Waals surface area contributed by atoms with Crippen molar-refractivity contribution in [2.75, 3.05) is 25.4 Å². The number of hydrogen-bond donors (Lipinski definition) is 0. The molecule has 1 aromatic heterocycles. The number of nitrogens with zero attached hydrogens (tertiary/aromatic N) is 2. The average molecular weight is 362 g/mol. The van der Waals surface area contributed by atoms with E-state index < -0.39 is 5.97 Å². The predicted octanol–water partition coefficient (Wildman–Crippen LogP) is 2.97. The lowest BCUT2D eigenvalue weighted by Crippen LogP contribution is -2.44. The molecule has 0 unspecified atom stereocenters. The van der Waals surface area contributed by atoms with Crippen molar-refractivity contribution in [1.82, 2.24) is 9.88 Å². The summed E-state index contributed by atoms with van der Waals surface area (Å²) in [6.07, 6.45) is 1.13. The molecule has 1 amide bonds. The first-order valence-corrected chi connectivity index (χ1v) is 9.41. The highest BCUT2D eigenvalue weighted by Gasteiger charge is 2.25. The minimum Gasteiger partial charge on any atom is -0.455 e. The molecule has 7 heteroatoms. The van der Waals surface area contributed by atoms with Crippen molar-refractivity contribution in [2.45, 2.75) is 25.5 Å². The Labute approximate surface area is 150 Å². The van der Waals surface area contributed by atoms with Crippen LogP contribution in [0.2, 0.25) is 0 Å². The highest BCUT2D eigenvalue weighted by Crippen LogP contribution is 2.23. The van der Waals surface area contributed by atoms with Crippen LogP contribution < -0.4 is 0 Å². The Morgan fingerprint density at radius 2 is 2.00 bits per heavy atom. The number of oxazole rings is 1. The lowest BCUT2D eigenvalue weighted by molar-refractivity contribution is -0.151. The number of hydrogen-bond acceptors (Lipinski definition) is 6. The molecule has 0 saturated carbocycles. The van der Waals surface area contributed by atoms with Crippen LogP contribution in [0.15, 0.2) is 33.9 Å². The molecule has 1 aliphatic rings. The van der Waals surface area contributed by atoms with Gasteiger partial charge in [0.1, 0.15) is 11.3 Å². The van der Waals surface area contributed by atoms with Crippen molar-refractivity contribution in [2.24, 2.45) is 11.8 Å². The summed E-state index contributed by atoms with van der Waals surface area (Å²) in [4.78, 5) is 30.1. The van der Waals surface area contributed by atoms with Gasteiger partial charge in [-0.05, 0) is 30.4 Å². The number of para-hydroxylation sites is 2. The number of aromatic nitrogens is 1. The van der Waals surface area contributed by atoms with Gasteiger partial charge in [-0.1, -0.05) is 37.7 Å². The van der Waals surface area contributed by atoms with E-state index >= 15 is 0 Å². The third kappa shape index (κ3) is 4.75. The van der Waals surface area contributed by atoms with Gasteiger partial charge in [-0.3, -0.25) is 9.59 Å². The zero-order valence-corrected chi connectivity index (χ0v) is 15.3. The molecule has 134 valence electrons. The maximum absolute atomic E-state index is 12.2. The molecule has 0 aliphatic carbocycles. The Balaban J connectivity index is 1.44. The van der Waals surface area contributed by atoms with E-state index in [0.717, 1.165) is 25.0 Å². The van der Waals surface area contributed by atoms with Gasteiger partial charge in [-0.2, -0.15) is 0 Å². The third-order valence-corrected chi connectivity index (χ3v) is 4.97. The summed E-state index contributed by atoms with van der Waals surface area (Å²) in [5.74, 6) is 0.459. The normalized spacial score (nSPS) is 20.6. The SMILES string of the molecule is C[C@@H]1C[C@@H](C)CN(C(=O)COC(=O)CSc2nc3ccccc3o2)C1. The van der Waals surface area contributed by atoms with Crippen molar-refractivity contribution >= 4 is 34.7 Å². The van der Waals surface area contributed by atoms with Crippen LogP contribution in [-0.4, -0.2) is 47.2 Å². The number of amides is 1. The number of likely N-dealkylation sites (tertiary alicyclic amines) is 1. The zero-order chi connectivity index (χ0) is 17.8. The highest BCUT2D eigenvalue weighted by atomic mass is 32.2. The quantitative estimate of drug-likeness (QED) is 0.601. The fourth-order valence-electron chi connectivity index (χ4n) is 3.18. The van der Waals surface area contributed by atoms with Crippen LogP contribution in [0.5, 0.6) is 0 Å². The Bertz CT molecular complexity index is 717. The second kappa shape index (κ2) is 7.91. The Hall–Kier alpha value is -2.02. The van der Waals surface area contributed by atoms with Gasteiger partial charge < -0.3 is 14.1 Å². The molecule has 0 spiro atoms. The number of fused-ring (bicyclic) bond motifs is 1. The molecule has 6 nitrogen and oxygen atoms in total. The van der Waals surface area contributed by atoms with E-state index in [1.807, 2.05) is 24.3 Å². The summed E-state index contributed by atoms with van der Waals surface area (Å²) in [6, 6.07) is 7.41. The van der Waals surface area contributed by atoms with Crippen LogP contribution >= 0.6 is 11.8 Å². The summed E-state index contributed by atoms with van der Waals surface area (Å²) in [5, 5.41) is 0.420. The molecule has 1 saturated heterocycles. The molecular formula is C18H22N2O4S. The van der Waals surface area contributed by atoms with Crippen LogP contribution in [0.3, 0.4) is 0 Å². The van der Waals surface area contributed by atoms with Crippen molar-refractivity contribution in [1.29, 1.82) is 0 Å². The number of thioether (sulfide) groups is 1. The highest BCUT2D eigenvalue weighted by molar-refractivity contribution is 7.99.